The minimum absolute atomic E-state index is 0.748. The van der Waals surface area contributed by atoms with Crippen LogP contribution in [0.4, 0.5) is 11.6 Å². The molecule has 0 spiro atoms. The third kappa shape index (κ3) is 2.86. The van der Waals surface area contributed by atoms with Crippen LogP contribution < -0.4 is 16.2 Å². The summed E-state index contributed by atoms with van der Waals surface area (Å²) in [6, 6.07) is 0. The van der Waals surface area contributed by atoms with Crippen LogP contribution in [0.3, 0.4) is 0 Å². The lowest BCUT2D eigenvalue weighted by Crippen LogP contribution is -2.47. The van der Waals surface area contributed by atoms with Gasteiger partial charge in [0, 0.05) is 38.3 Å². The van der Waals surface area contributed by atoms with Crippen molar-refractivity contribution in [3.8, 4) is 0 Å². The number of rotatable bonds is 5. The Hall–Kier alpha value is -1.40. The number of nitrogens with one attached hydrogen (secondary N) is 1. The summed E-state index contributed by atoms with van der Waals surface area (Å²) in [6.45, 7) is 7.76. The van der Waals surface area contributed by atoms with Crippen molar-refractivity contribution in [1.82, 2.24) is 14.9 Å². The van der Waals surface area contributed by atoms with Crippen molar-refractivity contribution in [2.45, 2.75) is 26.2 Å². The van der Waals surface area contributed by atoms with Crippen LogP contribution in [0.15, 0.2) is 6.33 Å². The molecule has 110 valence electrons. The Balaban J connectivity index is 1.67. The average Bonchev–Trinajstić information content (AvgIpc) is 3.31. The topological polar surface area (TPSA) is 70.3 Å². The molecule has 6 nitrogen and oxygen atoms in total. The molecule has 0 bridgehead atoms. The van der Waals surface area contributed by atoms with Gasteiger partial charge in [-0.15, -0.1) is 0 Å². The SMILES string of the molecule is CCc1c(NN)ncnc1N1CCN(CC2CC2)CC1. The number of nitrogens with zero attached hydrogens (tertiary/aromatic N) is 4. The summed E-state index contributed by atoms with van der Waals surface area (Å²) in [6.07, 6.45) is 5.34. The Morgan fingerprint density at radius 1 is 1.25 bits per heavy atom. The first-order chi connectivity index (χ1) is 9.81. The standard InChI is InChI=1S/C14H24N6/c1-2-12-13(18-15)16-10-17-14(12)20-7-5-19(6-8-20)9-11-3-4-11/h10-11H,2-9,15H2,1H3,(H,16,17,18). The van der Waals surface area contributed by atoms with Crippen LogP contribution in [0.2, 0.25) is 0 Å². The van der Waals surface area contributed by atoms with Crippen molar-refractivity contribution in [3.05, 3.63) is 11.9 Å². The molecular formula is C14H24N6. The van der Waals surface area contributed by atoms with Gasteiger partial charge in [-0.1, -0.05) is 6.92 Å². The predicted octanol–water partition coefficient (Wildman–Crippen LogP) is 0.857. The molecule has 1 saturated heterocycles. The highest BCUT2D eigenvalue weighted by atomic mass is 15.3. The van der Waals surface area contributed by atoms with Gasteiger partial charge in [0.15, 0.2) is 0 Å². The Kier molecular flexibility index (Phi) is 4.03. The molecule has 2 fully saturated rings. The molecule has 3 rings (SSSR count). The highest BCUT2D eigenvalue weighted by Crippen LogP contribution is 2.30. The number of hydrazine groups is 1. The molecule has 2 aliphatic rings. The number of piperazine rings is 1. The number of nitrogen functional groups attached to an aromatic ring is 1. The first-order valence-electron chi connectivity index (χ1n) is 7.59. The van der Waals surface area contributed by atoms with E-state index in [1.54, 1.807) is 6.33 Å². The molecule has 1 aromatic heterocycles. The Bertz CT molecular complexity index is 451. The number of hydrogen-bond acceptors (Lipinski definition) is 6. The second-order valence-electron chi connectivity index (χ2n) is 5.75. The van der Waals surface area contributed by atoms with Crippen molar-refractivity contribution < 1.29 is 0 Å². The van der Waals surface area contributed by atoms with Crippen molar-refractivity contribution in [2.75, 3.05) is 43.0 Å². The van der Waals surface area contributed by atoms with Gasteiger partial charge in [0.2, 0.25) is 0 Å². The van der Waals surface area contributed by atoms with E-state index in [-0.39, 0.29) is 0 Å². The maximum atomic E-state index is 5.54. The minimum atomic E-state index is 0.748. The normalized spacial score (nSPS) is 20.2. The van der Waals surface area contributed by atoms with Gasteiger partial charge in [0.25, 0.3) is 0 Å². The van der Waals surface area contributed by atoms with E-state index in [0.717, 1.165) is 55.7 Å². The van der Waals surface area contributed by atoms with Gasteiger partial charge < -0.3 is 10.3 Å². The van der Waals surface area contributed by atoms with Gasteiger partial charge in [0.05, 0.1) is 0 Å². The number of nitrogens with two attached hydrogens (primary N) is 1. The monoisotopic (exact) mass is 276 g/mol. The average molecular weight is 276 g/mol. The molecule has 2 heterocycles. The van der Waals surface area contributed by atoms with Crippen LogP contribution in [0.25, 0.3) is 0 Å². The Morgan fingerprint density at radius 3 is 2.60 bits per heavy atom. The van der Waals surface area contributed by atoms with E-state index in [2.05, 4.69) is 32.1 Å². The van der Waals surface area contributed by atoms with Crippen molar-refractivity contribution in [1.29, 1.82) is 0 Å². The van der Waals surface area contributed by atoms with Crippen LogP contribution in [0, 0.1) is 5.92 Å². The molecule has 0 radical (unpaired) electrons. The molecule has 0 atom stereocenters. The van der Waals surface area contributed by atoms with E-state index in [4.69, 9.17) is 5.84 Å². The molecule has 3 N–H and O–H groups in total. The molecule has 20 heavy (non-hydrogen) atoms. The molecule has 0 amide bonds. The molecule has 0 unspecified atom stereocenters. The summed E-state index contributed by atoms with van der Waals surface area (Å²) in [7, 11) is 0. The lowest BCUT2D eigenvalue weighted by molar-refractivity contribution is 0.247. The highest BCUT2D eigenvalue weighted by Gasteiger charge is 2.27. The summed E-state index contributed by atoms with van der Waals surface area (Å²) in [4.78, 5) is 13.6. The van der Waals surface area contributed by atoms with Crippen LogP contribution in [0.5, 0.6) is 0 Å². The molecule has 1 aliphatic heterocycles. The zero-order chi connectivity index (χ0) is 13.9. The lowest BCUT2D eigenvalue weighted by Gasteiger charge is -2.36. The molecule has 0 aromatic carbocycles. The van der Waals surface area contributed by atoms with Crippen LogP contribution in [-0.2, 0) is 6.42 Å². The van der Waals surface area contributed by atoms with Gasteiger partial charge in [-0.05, 0) is 25.2 Å². The summed E-state index contributed by atoms with van der Waals surface area (Å²) in [5.74, 6) is 8.30. The molecule has 6 heteroatoms. The number of hydrogen-bond donors (Lipinski definition) is 2. The van der Waals surface area contributed by atoms with Crippen molar-refractivity contribution >= 4 is 11.6 Å². The van der Waals surface area contributed by atoms with Crippen molar-refractivity contribution in [3.63, 3.8) is 0 Å². The fourth-order valence-electron chi connectivity index (χ4n) is 2.93. The van der Waals surface area contributed by atoms with E-state index < -0.39 is 0 Å². The molecular weight excluding hydrogens is 252 g/mol. The summed E-state index contributed by atoms with van der Waals surface area (Å²) >= 11 is 0. The fraction of sp³-hybridized carbons (Fsp3) is 0.714. The second kappa shape index (κ2) is 5.93. The highest BCUT2D eigenvalue weighted by molar-refractivity contribution is 5.58. The van der Waals surface area contributed by atoms with E-state index in [1.807, 2.05) is 0 Å². The van der Waals surface area contributed by atoms with Crippen LogP contribution in [-0.4, -0.2) is 47.6 Å². The molecule has 1 saturated carbocycles. The van der Waals surface area contributed by atoms with E-state index in [1.165, 1.54) is 19.4 Å². The van der Waals surface area contributed by atoms with Gasteiger partial charge >= 0.3 is 0 Å². The van der Waals surface area contributed by atoms with Crippen LogP contribution >= 0.6 is 0 Å². The van der Waals surface area contributed by atoms with Gasteiger partial charge in [0.1, 0.15) is 18.0 Å². The molecule has 1 aromatic rings. The maximum Gasteiger partial charge on any atom is 0.148 e. The summed E-state index contributed by atoms with van der Waals surface area (Å²) < 4.78 is 0. The summed E-state index contributed by atoms with van der Waals surface area (Å²) in [5, 5.41) is 0. The zero-order valence-corrected chi connectivity index (χ0v) is 12.2. The van der Waals surface area contributed by atoms with Crippen molar-refractivity contribution in [2.24, 2.45) is 11.8 Å². The minimum Gasteiger partial charge on any atom is -0.354 e. The summed E-state index contributed by atoms with van der Waals surface area (Å²) in [5.41, 5.74) is 3.80. The molecule has 1 aliphatic carbocycles. The largest absolute Gasteiger partial charge is 0.354 e. The quantitative estimate of drug-likeness (QED) is 0.614. The lowest BCUT2D eigenvalue weighted by atomic mass is 10.2. The van der Waals surface area contributed by atoms with E-state index in [9.17, 15) is 0 Å². The smallest absolute Gasteiger partial charge is 0.148 e. The van der Waals surface area contributed by atoms with Gasteiger partial charge in [-0.3, -0.25) is 4.90 Å². The maximum absolute atomic E-state index is 5.54. The Labute approximate surface area is 120 Å². The third-order valence-electron chi connectivity index (χ3n) is 4.30. The third-order valence-corrected chi connectivity index (χ3v) is 4.30. The Morgan fingerprint density at radius 2 is 2.00 bits per heavy atom. The van der Waals surface area contributed by atoms with Crippen LogP contribution in [0.1, 0.15) is 25.3 Å². The van der Waals surface area contributed by atoms with E-state index in [0.29, 0.717) is 0 Å². The van der Waals surface area contributed by atoms with Gasteiger partial charge in [-0.25, -0.2) is 15.8 Å². The van der Waals surface area contributed by atoms with Gasteiger partial charge in [-0.2, -0.15) is 0 Å². The second-order valence-corrected chi connectivity index (χ2v) is 5.75. The first kappa shape index (κ1) is 13.6. The predicted molar refractivity (Wildman–Crippen MR) is 80.6 cm³/mol. The zero-order valence-electron chi connectivity index (χ0n) is 12.2. The van der Waals surface area contributed by atoms with E-state index >= 15 is 0 Å². The number of anilines is 2. The number of aromatic nitrogens is 2. The first-order valence-corrected chi connectivity index (χ1v) is 7.59. The fourth-order valence-corrected chi connectivity index (χ4v) is 2.93.